The van der Waals surface area contributed by atoms with Crippen LogP contribution in [0, 0.1) is 0 Å². The minimum absolute atomic E-state index is 0.640. The molecule has 56 heavy (non-hydrogen) atoms. The third-order valence-electron chi connectivity index (χ3n) is 10.4. The Morgan fingerprint density at radius 1 is 0.375 bits per heavy atom. The van der Waals surface area contributed by atoms with Crippen LogP contribution in [-0.4, -0.2) is 26.8 Å². The first-order chi connectivity index (χ1) is 27.4. The van der Waals surface area contributed by atoms with E-state index in [0.29, 0.717) is 11.1 Å². The van der Waals surface area contributed by atoms with Crippen LogP contribution in [0.2, 0.25) is 0 Å². The molecule has 6 nitrogen and oxygen atoms in total. The highest BCUT2D eigenvalue weighted by molar-refractivity contribution is 6.32. The van der Waals surface area contributed by atoms with Gasteiger partial charge in [-0.15, -0.1) is 0 Å². The molecule has 0 aliphatic rings. The van der Waals surface area contributed by atoms with Gasteiger partial charge in [-0.25, -0.2) is 0 Å². The van der Waals surface area contributed by atoms with Crippen LogP contribution < -0.4 is 20.9 Å². The van der Waals surface area contributed by atoms with Crippen LogP contribution in [-0.2, 0) is 0 Å². The fraction of sp³-hybridized carbons (Fsp3) is 0.0400. The van der Waals surface area contributed by atoms with E-state index in [1.807, 2.05) is 72.8 Å². The zero-order valence-electron chi connectivity index (χ0n) is 31.0. The molecule has 0 aliphatic heterocycles. The fourth-order valence-electron chi connectivity index (χ4n) is 7.47. The summed E-state index contributed by atoms with van der Waals surface area (Å²) < 4.78 is 11.0. The number of benzene rings is 9. The summed E-state index contributed by atoms with van der Waals surface area (Å²) in [6.07, 6.45) is 1.75. The Balaban J connectivity index is 0.000000493. The number of methoxy groups -OCH3 is 2. The molecule has 0 bridgehead atoms. The maximum atomic E-state index is 11.5. The SMILES string of the molecule is COc1ccc(-c2cc(-c3ccc(C=O)cc3)c3ccc4c(-c5ccc(C=O)cc5)cc(-c5ccc(OC)cc5)c5ccc2c3c45)cc1.Nc1ccc(N)cc1. The van der Waals surface area contributed by atoms with Crippen molar-refractivity contribution in [3.8, 4) is 56.0 Å². The minimum Gasteiger partial charge on any atom is -0.497 e. The van der Waals surface area contributed by atoms with E-state index < -0.39 is 0 Å². The first-order valence-corrected chi connectivity index (χ1v) is 18.2. The molecule has 0 spiro atoms. The third-order valence-corrected chi connectivity index (χ3v) is 10.4. The molecule has 0 amide bonds. The number of hydrogen-bond acceptors (Lipinski definition) is 6. The summed E-state index contributed by atoms with van der Waals surface area (Å²) in [6, 6.07) is 52.5. The Morgan fingerprint density at radius 2 is 0.643 bits per heavy atom. The molecular formula is C50H38N2O4. The van der Waals surface area contributed by atoms with Crippen LogP contribution in [0.5, 0.6) is 11.5 Å². The van der Waals surface area contributed by atoms with Gasteiger partial charge in [0.25, 0.3) is 0 Å². The van der Waals surface area contributed by atoms with Crippen LogP contribution in [0.15, 0.2) is 158 Å². The summed E-state index contributed by atoms with van der Waals surface area (Å²) in [5, 5.41) is 6.91. The number of hydrogen-bond donors (Lipinski definition) is 2. The predicted octanol–water partition coefficient (Wildman–Crippen LogP) is 11.7. The van der Waals surface area contributed by atoms with E-state index in [-0.39, 0.29) is 0 Å². The third kappa shape index (κ3) is 6.65. The monoisotopic (exact) mass is 730 g/mol. The molecule has 9 aromatic carbocycles. The van der Waals surface area contributed by atoms with Gasteiger partial charge in [0.15, 0.2) is 0 Å². The maximum Gasteiger partial charge on any atom is 0.150 e. The van der Waals surface area contributed by atoms with Crippen LogP contribution in [0.4, 0.5) is 11.4 Å². The standard InChI is InChI=1S/C44H30O4.C6H8N2/c1-47-33-15-11-31(12-16-33)41-23-39(29-7-3-27(25-45)4-8-29)35-19-20-36-40(30-9-5-28(26-46)6-10-30)24-42(32-13-17-34(48-2)18-14-32)38-22-21-37(41)43(35)44(36)38;7-5-1-2-6(8)4-3-5/h3-26H,1-2H3;1-4H,7-8H2. The van der Waals surface area contributed by atoms with Crippen molar-refractivity contribution in [3.05, 3.63) is 169 Å². The molecule has 9 aromatic rings. The van der Waals surface area contributed by atoms with Gasteiger partial charge in [0.1, 0.15) is 24.1 Å². The summed E-state index contributed by atoms with van der Waals surface area (Å²) in [6.45, 7) is 0. The van der Waals surface area contributed by atoms with E-state index in [2.05, 4.69) is 60.7 Å². The highest BCUT2D eigenvalue weighted by atomic mass is 16.5. The van der Waals surface area contributed by atoms with Gasteiger partial charge in [0.2, 0.25) is 0 Å². The lowest BCUT2D eigenvalue weighted by molar-refractivity contribution is 0.111. The highest BCUT2D eigenvalue weighted by Gasteiger charge is 2.21. The maximum absolute atomic E-state index is 11.5. The molecule has 0 heterocycles. The fourth-order valence-corrected chi connectivity index (χ4v) is 7.47. The summed E-state index contributed by atoms with van der Waals surface area (Å²) in [5.41, 5.74) is 22.2. The van der Waals surface area contributed by atoms with E-state index >= 15 is 0 Å². The molecule has 0 saturated heterocycles. The lowest BCUT2D eigenvalue weighted by Crippen LogP contribution is -1.95. The Kier molecular flexibility index (Phi) is 9.61. The van der Waals surface area contributed by atoms with E-state index in [0.717, 1.165) is 101 Å². The van der Waals surface area contributed by atoms with Crippen molar-refractivity contribution in [2.45, 2.75) is 0 Å². The van der Waals surface area contributed by atoms with Crippen molar-refractivity contribution < 1.29 is 19.1 Å². The molecular weight excluding hydrogens is 693 g/mol. The number of nitrogen functional groups attached to an aromatic ring is 2. The van der Waals surface area contributed by atoms with Crippen molar-refractivity contribution in [1.29, 1.82) is 0 Å². The average molecular weight is 731 g/mol. The number of carbonyl (C=O) groups is 2. The Labute approximate surface area is 324 Å². The number of rotatable bonds is 8. The van der Waals surface area contributed by atoms with E-state index in [1.165, 1.54) is 10.8 Å². The second-order valence-corrected chi connectivity index (χ2v) is 13.6. The van der Waals surface area contributed by atoms with Crippen LogP contribution in [0.1, 0.15) is 20.7 Å². The van der Waals surface area contributed by atoms with Gasteiger partial charge < -0.3 is 20.9 Å². The highest BCUT2D eigenvalue weighted by Crippen LogP contribution is 2.48. The number of aldehydes is 2. The first kappa shape index (κ1) is 35.6. The second-order valence-electron chi connectivity index (χ2n) is 13.6. The summed E-state index contributed by atoms with van der Waals surface area (Å²) in [5.74, 6) is 1.60. The van der Waals surface area contributed by atoms with Gasteiger partial charge in [-0.1, -0.05) is 97.1 Å². The van der Waals surface area contributed by atoms with E-state index in [4.69, 9.17) is 20.9 Å². The zero-order chi connectivity index (χ0) is 38.8. The summed E-state index contributed by atoms with van der Waals surface area (Å²) in [7, 11) is 3.35. The van der Waals surface area contributed by atoms with Gasteiger partial charge in [-0.2, -0.15) is 0 Å². The molecule has 0 fully saturated rings. The van der Waals surface area contributed by atoms with Gasteiger partial charge >= 0.3 is 0 Å². The molecule has 0 unspecified atom stereocenters. The van der Waals surface area contributed by atoms with Gasteiger partial charge in [-0.3, -0.25) is 9.59 Å². The Morgan fingerprint density at radius 3 is 0.893 bits per heavy atom. The van der Waals surface area contributed by atoms with E-state index in [9.17, 15) is 9.59 Å². The topological polar surface area (TPSA) is 105 Å². The average Bonchev–Trinajstić information content (AvgIpc) is 3.26. The van der Waals surface area contributed by atoms with E-state index in [1.54, 1.807) is 38.5 Å². The summed E-state index contributed by atoms with van der Waals surface area (Å²) in [4.78, 5) is 23.0. The molecule has 9 rings (SSSR count). The number of anilines is 2. The van der Waals surface area contributed by atoms with Crippen LogP contribution in [0.3, 0.4) is 0 Å². The normalized spacial score (nSPS) is 11.0. The molecule has 0 aliphatic carbocycles. The lowest BCUT2D eigenvalue weighted by Gasteiger charge is -2.21. The quantitative estimate of drug-likeness (QED) is 0.0916. The largest absolute Gasteiger partial charge is 0.497 e. The predicted molar refractivity (Wildman–Crippen MR) is 231 cm³/mol. The number of nitrogens with two attached hydrogens (primary N) is 2. The van der Waals surface area contributed by atoms with Crippen LogP contribution >= 0.6 is 0 Å². The van der Waals surface area contributed by atoms with Gasteiger partial charge in [-0.05, 0) is 137 Å². The number of carbonyl (C=O) groups excluding carboxylic acids is 2. The Bertz CT molecular complexity index is 2630. The molecule has 0 aromatic heterocycles. The Hall–Kier alpha value is -7.44. The van der Waals surface area contributed by atoms with Gasteiger partial charge in [0, 0.05) is 22.5 Å². The molecule has 4 N–H and O–H groups in total. The van der Waals surface area contributed by atoms with Crippen molar-refractivity contribution in [1.82, 2.24) is 0 Å². The smallest absolute Gasteiger partial charge is 0.150 e. The molecule has 6 heteroatoms. The van der Waals surface area contributed by atoms with Crippen molar-refractivity contribution in [2.75, 3.05) is 25.7 Å². The molecule has 0 atom stereocenters. The molecule has 0 radical (unpaired) electrons. The molecule has 0 saturated carbocycles. The second kappa shape index (κ2) is 15.1. The first-order valence-electron chi connectivity index (χ1n) is 18.2. The minimum atomic E-state index is 0.640. The van der Waals surface area contributed by atoms with Crippen molar-refractivity contribution in [2.24, 2.45) is 0 Å². The molecule has 272 valence electrons. The van der Waals surface area contributed by atoms with Crippen LogP contribution in [0.25, 0.3) is 76.8 Å². The zero-order valence-corrected chi connectivity index (χ0v) is 31.0. The summed E-state index contributed by atoms with van der Waals surface area (Å²) >= 11 is 0. The van der Waals surface area contributed by atoms with Crippen molar-refractivity contribution >= 4 is 56.3 Å². The van der Waals surface area contributed by atoms with Crippen molar-refractivity contribution in [3.63, 3.8) is 0 Å². The van der Waals surface area contributed by atoms with Gasteiger partial charge in [0.05, 0.1) is 14.2 Å². The number of ether oxygens (including phenoxy) is 2. The lowest BCUT2D eigenvalue weighted by atomic mass is 9.82.